The minimum atomic E-state index is 0.343. The van der Waals surface area contributed by atoms with E-state index >= 15 is 0 Å². The highest BCUT2D eigenvalue weighted by atomic mass is 35.5. The fraction of sp³-hybridized carbons (Fsp3) is 1.00. The van der Waals surface area contributed by atoms with Gasteiger partial charge in [-0.15, -0.1) is 11.6 Å². The molecule has 0 rings (SSSR count). The zero-order chi connectivity index (χ0) is 7.98. The Morgan fingerprint density at radius 1 is 1.40 bits per heavy atom. The Hall–Kier alpha value is 0.250. The standard InChI is InChI=1S/C8H18ClN/c1-4-5-6-8(9)7-10(2)3/h8H,4-7H2,1-3H3. The molecule has 10 heavy (non-hydrogen) atoms. The molecule has 0 aromatic rings. The van der Waals surface area contributed by atoms with E-state index in [1.165, 1.54) is 12.8 Å². The van der Waals surface area contributed by atoms with Gasteiger partial charge in [0.15, 0.2) is 0 Å². The van der Waals surface area contributed by atoms with Crippen molar-refractivity contribution in [2.45, 2.75) is 31.6 Å². The topological polar surface area (TPSA) is 3.24 Å². The second-order valence-corrected chi connectivity index (χ2v) is 3.62. The minimum Gasteiger partial charge on any atom is -0.308 e. The van der Waals surface area contributed by atoms with Crippen LogP contribution < -0.4 is 0 Å². The molecule has 0 saturated heterocycles. The van der Waals surface area contributed by atoms with E-state index in [1.807, 2.05) is 0 Å². The number of halogens is 1. The lowest BCUT2D eigenvalue weighted by Gasteiger charge is -2.13. The molecule has 0 N–H and O–H groups in total. The maximum atomic E-state index is 6.01. The van der Waals surface area contributed by atoms with Gasteiger partial charge in [0.2, 0.25) is 0 Å². The molecular weight excluding hydrogens is 146 g/mol. The van der Waals surface area contributed by atoms with Gasteiger partial charge >= 0.3 is 0 Å². The molecule has 0 amide bonds. The van der Waals surface area contributed by atoms with Crippen LogP contribution in [0, 0.1) is 0 Å². The van der Waals surface area contributed by atoms with Crippen LogP contribution in [0.1, 0.15) is 26.2 Å². The molecule has 1 unspecified atom stereocenters. The Bertz CT molecular complexity index is 73.7. The highest BCUT2D eigenvalue weighted by molar-refractivity contribution is 6.20. The number of rotatable bonds is 5. The molecule has 1 nitrogen and oxygen atoms in total. The summed E-state index contributed by atoms with van der Waals surface area (Å²) in [6.07, 6.45) is 3.65. The Morgan fingerprint density at radius 2 is 2.00 bits per heavy atom. The van der Waals surface area contributed by atoms with E-state index < -0.39 is 0 Å². The van der Waals surface area contributed by atoms with Crippen LogP contribution in [0.25, 0.3) is 0 Å². The smallest absolute Gasteiger partial charge is 0.0462 e. The first-order chi connectivity index (χ1) is 4.66. The molecule has 0 fully saturated rings. The van der Waals surface area contributed by atoms with Gasteiger partial charge in [-0.3, -0.25) is 0 Å². The van der Waals surface area contributed by atoms with E-state index in [2.05, 4.69) is 25.9 Å². The third kappa shape index (κ3) is 6.37. The molecule has 62 valence electrons. The lowest BCUT2D eigenvalue weighted by atomic mass is 10.2. The molecule has 0 aromatic heterocycles. The molecule has 2 heteroatoms. The zero-order valence-electron chi connectivity index (χ0n) is 7.23. The van der Waals surface area contributed by atoms with Gasteiger partial charge in [-0.05, 0) is 20.5 Å². The molecule has 0 saturated carbocycles. The van der Waals surface area contributed by atoms with Crippen LogP contribution >= 0.6 is 11.6 Å². The largest absolute Gasteiger partial charge is 0.308 e. The zero-order valence-corrected chi connectivity index (χ0v) is 7.99. The van der Waals surface area contributed by atoms with Crippen LogP contribution in [0.15, 0.2) is 0 Å². The number of hydrogen-bond acceptors (Lipinski definition) is 1. The van der Waals surface area contributed by atoms with E-state index in [4.69, 9.17) is 11.6 Å². The fourth-order valence-corrected chi connectivity index (χ4v) is 1.34. The quantitative estimate of drug-likeness (QED) is 0.563. The Balaban J connectivity index is 3.16. The van der Waals surface area contributed by atoms with Crippen LogP contribution in [0.2, 0.25) is 0 Å². The molecule has 0 heterocycles. The maximum Gasteiger partial charge on any atom is 0.0462 e. The molecule has 0 spiro atoms. The molecule has 0 aliphatic heterocycles. The van der Waals surface area contributed by atoms with E-state index in [9.17, 15) is 0 Å². The predicted octanol–water partition coefficient (Wildman–Crippen LogP) is 2.35. The van der Waals surface area contributed by atoms with Gasteiger partial charge in [-0.2, -0.15) is 0 Å². The van der Waals surface area contributed by atoms with E-state index in [1.54, 1.807) is 0 Å². The molecular formula is C8H18ClN. The number of nitrogens with zero attached hydrogens (tertiary/aromatic N) is 1. The van der Waals surface area contributed by atoms with Gasteiger partial charge in [0.1, 0.15) is 0 Å². The van der Waals surface area contributed by atoms with Crippen LogP contribution in [-0.2, 0) is 0 Å². The maximum absolute atomic E-state index is 6.01. The minimum absolute atomic E-state index is 0.343. The van der Waals surface area contributed by atoms with Gasteiger partial charge in [-0.1, -0.05) is 19.8 Å². The van der Waals surface area contributed by atoms with E-state index in [-0.39, 0.29) is 0 Å². The molecule has 1 atom stereocenters. The summed E-state index contributed by atoms with van der Waals surface area (Å²) in [7, 11) is 4.11. The van der Waals surface area contributed by atoms with Gasteiger partial charge < -0.3 is 4.90 Å². The summed E-state index contributed by atoms with van der Waals surface area (Å²) in [5, 5.41) is 0.343. The average molecular weight is 164 g/mol. The van der Waals surface area contributed by atoms with Crippen molar-refractivity contribution in [1.29, 1.82) is 0 Å². The van der Waals surface area contributed by atoms with Crippen molar-refractivity contribution in [3.8, 4) is 0 Å². The van der Waals surface area contributed by atoms with Crippen molar-refractivity contribution in [2.75, 3.05) is 20.6 Å². The van der Waals surface area contributed by atoms with Gasteiger partial charge in [-0.25, -0.2) is 0 Å². The van der Waals surface area contributed by atoms with Crippen LogP contribution in [-0.4, -0.2) is 30.9 Å². The first-order valence-corrected chi connectivity index (χ1v) is 4.39. The van der Waals surface area contributed by atoms with Gasteiger partial charge in [0.25, 0.3) is 0 Å². The molecule has 0 radical (unpaired) electrons. The molecule has 0 aromatic carbocycles. The summed E-state index contributed by atoms with van der Waals surface area (Å²) in [5.41, 5.74) is 0. The summed E-state index contributed by atoms with van der Waals surface area (Å²) in [6.45, 7) is 3.20. The Morgan fingerprint density at radius 3 is 2.40 bits per heavy atom. The van der Waals surface area contributed by atoms with Crippen molar-refractivity contribution in [3.05, 3.63) is 0 Å². The van der Waals surface area contributed by atoms with Crippen molar-refractivity contribution in [3.63, 3.8) is 0 Å². The molecule has 0 aliphatic rings. The third-order valence-electron chi connectivity index (χ3n) is 1.43. The summed E-state index contributed by atoms with van der Waals surface area (Å²) in [4.78, 5) is 2.13. The molecule has 0 aliphatic carbocycles. The lowest BCUT2D eigenvalue weighted by Crippen LogP contribution is -2.21. The monoisotopic (exact) mass is 163 g/mol. The summed E-state index contributed by atoms with van der Waals surface area (Å²) in [6, 6.07) is 0. The van der Waals surface area contributed by atoms with Crippen molar-refractivity contribution < 1.29 is 0 Å². The van der Waals surface area contributed by atoms with Crippen molar-refractivity contribution in [2.24, 2.45) is 0 Å². The van der Waals surface area contributed by atoms with Crippen LogP contribution in [0.3, 0.4) is 0 Å². The molecule has 0 bridgehead atoms. The fourth-order valence-electron chi connectivity index (χ4n) is 0.913. The number of alkyl halides is 1. The highest BCUT2D eigenvalue weighted by Gasteiger charge is 2.03. The summed E-state index contributed by atoms with van der Waals surface area (Å²) < 4.78 is 0. The normalized spacial score (nSPS) is 14.1. The van der Waals surface area contributed by atoms with Gasteiger partial charge in [0.05, 0.1) is 0 Å². The van der Waals surface area contributed by atoms with Crippen molar-refractivity contribution in [1.82, 2.24) is 4.90 Å². The number of hydrogen-bond donors (Lipinski definition) is 0. The number of unbranched alkanes of at least 4 members (excludes halogenated alkanes) is 1. The highest BCUT2D eigenvalue weighted by Crippen LogP contribution is 2.07. The van der Waals surface area contributed by atoms with Gasteiger partial charge in [0, 0.05) is 11.9 Å². The summed E-state index contributed by atoms with van der Waals surface area (Å²) >= 11 is 6.01. The van der Waals surface area contributed by atoms with Crippen LogP contribution in [0.4, 0.5) is 0 Å². The first kappa shape index (κ1) is 10.2. The average Bonchev–Trinajstić information content (AvgIpc) is 1.82. The van der Waals surface area contributed by atoms with E-state index in [0.29, 0.717) is 5.38 Å². The second-order valence-electron chi connectivity index (χ2n) is 3.00. The van der Waals surface area contributed by atoms with Crippen LogP contribution in [0.5, 0.6) is 0 Å². The van der Waals surface area contributed by atoms with Crippen molar-refractivity contribution >= 4 is 11.6 Å². The summed E-state index contributed by atoms with van der Waals surface area (Å²) in [5.74, 6) is 0. The third-order valence-corrected chi connectivity index (χ3v) is 1.79. The Labute approximate surface area is 69.4 Å². The Kier molecular flexibility index (Phi) is 6.14. The first-order valence-electron chi connectivity index (χ1n) is 3.95. The predicted molar refractivity (Wildman–Crippen MR) is 47.7 cm³/mol. The second kappa shape index (κ2) is 5.99. The SMILES string of the molecule is CCCCC(Cl)CN(C)C. The van der Waals surface area contributed by atoms with E-state index in [0.717, 1.165) is 13.0 Å². The lowest BCUT2D eigenvalue weighted by molar-refractivity contribution is 0.395.